The largest absolute Gasteiger partial charge is 0.493 e. The molecule has 6 aromatic rings. The van der Waals surface area contributed by atoms with Gasteiger partial charge in [-0.05, 0) is 86.8 Å². The Kier molecular flexibility index (Phi) is 10.7. The number of ether oxygens (including phenoxy) is 3. The molecule has 0 spiro atoms. The number of aromatic nitrogens is 2. The third kappa shape index (κ3) is 7.97. The topological polar surface area (TPSA) is 94.9 Å². The lowest BCUT2D eigenvalue weighted by molar-refractivity contribution is -0.137. The van der Waals surface area contributed by atoms with E-state index < -0.39 is 34.5 Å². The van der Waals surface area contributed by atoms with Crippen LogP contribution in [-0.4, -0.2) is 53.7 Å². The number of pyridine rings is 2. The van der Waals surface area contributed by atoms with Crippen LogP contribution in [0.5, 0.6) is 23.0 Å². The molecule has 4 aromatic carbocycles. The Bertz CT molecular complexity index is 2430. The molecule has 7 rings (SSSR count). The SMILES string of the molecule is COc1cc2c(Oc3c(F)cccc3NC(=O)c3cn(-c4ccccc4C(F)(F)F)c4ccccc4c3=O)ccnc2cc1OCCCN1CCC(C)CC1. The number of nitrogens with one attached hydrogen (secondary N) is 1. The van der Waals surface area contributed by atoms with Crippen LogP contribution in [0.25, 0.3) is 27.5 Å². The second kappa shape index (κ2) is 15.8. The maximum atomic E-state index is 15.5. The number of hydrogen-bond donors (Lipinski definition) is 1. The van der Waals surface area contributed by atoms with Gasteiger partial charge in [0.05, 0.1) is 41.7 Å². The van der Waals surface area contributed by atoms with Crippen molar-refractivity contribution in [2.24, 2.45) is 5.92 Å². The zero-order chi connectivity index (χ0) is 38.7. The molecule has 0 radical (unpaired) electrons. The zero-order valence-corrected chi connectivity index (χ0v) is 30.2. The Hall–Kier alpha value is -5.95. The van der Waals surface area contributed by atoms with Crippen LogP contribution >= 0.6 is 0 Å². The molecule has 0 saturated carbocycles. The minimum absolute atomic E-state index is 0.0139. The van der Waals surface area contributed by atoms with Crippen LogP contribution in [0.1, 0.15) is 42.1 Å². The summed E-state index contributed by atoms with van der Waals surface area (Å²) in [6, 6.07) is 19.7. The summed E-state index contributed by atoms with van der Waals surface area (Å²) in [7, 11) is 1.51. The molecule has 9 nitrogen and oxygen atoms in total. The third-order valence-electron chi connectivity index (χ3n) is 9.79. The van der Waals surface area contributed by atoms with Crippen molar-refractivity contribution in [2.75, 3.05) is 38.7 Å². The standard InChI is InChI=1S/C42H38F4N4O5/c1-26-16-20-49(21-17-26)19-8-22-54-38-24-33-28(23-37(38)53-2)36(15-18-47-33)55-40-31(43)11-7-12-32(40)48-41(52)29-25-50(34-13-5-3-9-27(34)39(29)51)35-14-6-4-10-30(35)42(44,45)46/h3-7,9-15,18,23-26H,8,16-17,19-22H2,1-2H3,(H,48,52). The maximum Gasteiger partial charge on any atom is 0.418 e. The molecule has 13 heteroatoms. The summed E-state index contributed by atoms with van der Waals surface area (Å²) in [5, 5.41) is 3.03. The molecule has 284 valence electrons. The van der Waals surface area contributed by atoms with E-state index in [1.165, 1.54) is 74.7 Å². The number of halogens is 4. The fraction of sp³-hybridized carbons (Fsp3) is 0.262. The Labute approximate surface area is 314 Å². The quantitative estimate of drug-likeness (QED) is 0.104. The van der Waals surface area contributed by atoms with Crippen LogP contribution < -0.4 is 25.0 Å². The molecule has 3 heterocycles. The van der Waals surface area contributed by atoms with Gasteiger partial charge in [0.1, 0.15) is 11.3 Å². The lowest BCUT2D eigenvalue weighted by Crippen LogP contribution is -2.34. The van der Waals surface area contributed by atoms with E-state index in [2.05, 4.69) is 22.1 Å². The number of alkyl halides is 3. The van der Waals surface area contributed by atoms with Gasteiger partial charge in [-0.25, -0.2) is 4.39 Å². The molecular formula is C42H38F4N4O5. The molecule has 1 amide bonds. The summed E-state index contributed by atoms with van der Waals surface area (Å²) in [4.78, 5) is 34.4. The van der Waals surface area contributed by atoms with Gasteiger partial charge in [0.15, 0.2) is 23.1 Å². The van der Waals surface area contributed by atoms with Gasteiger partial charge in [0.2, 0.25) is 5.43 Å². The number of carbonyl (C=O) groups excluding carboxylic acids is 1. The van der Waals surface area contributed by atoms with Crippen molar-refractivity contribution in [3.05, 3.63) is 124 Å². The second-order valence-corrected chi connectivity index (χ2v) is 13.5. The monoisotopic (exact) mass is 754 g/mol. The molecule has 2 aromatic heterocycles. The number of fused-ring (bicyclic) bond motifs is 2. The number of benzene rings is 4. The van der Waals surface area contributed by atoms with Crippen molar-refractivity contribution in [3.8, 4) is 28.7 Å². The predicted molar refractivity (Wildman–Crippen MR) is 202 cm³/mol. The van der Waals surface area contributed by atoms with Crippen LogP contribution in [-0.2, 0) is 6.18 Å². The van der Waals surface area contributed by atoms with E-state index in [9.17, 15) is 22.8 Å². The van der Waals surface area contributed by atoms with Crippen LogP contribution in [0.4, 0.5) is 23.2 Å². The summed E-state index contributed by atoms with van der Waals surface area (Å²) in [5.74, 6) is -0.320. The first-order valence-electron chi connectivity index (χ1n) is 17.9. The summed E-state index contributed by atoms with van der Waals surface area (Å²) in [6.45, 7) is 5.86. The van der Waals surface area contributed by atoms with Gasteiger partial charge >= 0.3 is 6.18 Å². The van der Waals surface area contributed by atoms with E-state index in [0.717, 1.165) is 54.9 Å². The second-order valence-electron chi connectivity index (χ2n) is 13.5. The Morgan fingerprint density at radius 2 is 1.69 bits per heavy atom. The van der Waals surface area contributed by atoms with Crippen molar-refractivity contribution in [3.63, 3.8) is 0 Å². The average Bonchev–Trinajstić information content (AvgIpc) is 3.18. The van der Waals surface area contributed by atoms with Gasteiger partial charge in [-0.2, -0.15) is 13.2 Å². The molecule has 55 heavy (non-hydrogen) atoms. The lowest BCUT2D eigenvalue weighted by Gasteiger charge is -2.30. The number of piperidine rings is 1. The highest BCUT2D eigenvalue weighted by Gasteiger charge is 2.34. The van der Waals surface area contributed by atoms with E-state index in [0.29, 0.717) is 29.0 Å². The number of methoxy groups -OCH3 is 1. The van der Waals surface area contributed by atoms with Crippen LogP contribution in [0.2, 0.25) is 0 Å². The molecular weight excluding hydrogens is 716 g/mol. The summed E-state index contributed by atoms with van der Waals surface area (Å²) in [5.41, 5.74) is -1.91. The number of para-hydroxylation sites is 3. The zero-order valence-electron chi connectivity index (χ0n) is 30.2. The van der Waals surface area contributed by atoms with Gasteiger partial charge < -0.3 is 29.0 Å². The Morgan fingerprint density at radius 1 is 0.927 bits per heavy atom. The van der Waals surface area contributed by atoms with Gasteiger partial charge in [-0.3, -0.25) is 14.6 Å². The van der Waals surface area contributed by atoms with Crippen molar-refractivity contribution in [1.29, 1.82) is 0 Å². The normalized spacial score (nSPS) is 13.9. The first kappa shape index (κ1) is 37.4. The first-order chi connectivity index (χ1) is 26.5. The number of likely N-dealkylation sites (tertiary alicyclic amines) is 1. The molecule has 0 aliphatic carbocycles. The minimum atomic E-state index is -4.72. The molecule has 0 bridgehead atoms. The first-order valence-corrected chi connectivity index (χ1v) is 17.9. The van der Waals surface area contributed by atoms with E-state index in [-0.39, 0.29) is 33.8 Å². The molecule has 1 saturated heterocycles. The highest BCUT2D eigenvalue weighted by molar-refractivity contribution is 6.06. The van der Waals surface area contributed by atoms with Gasteiger partial charge in [0, 0.05) is 35.8 Å². The molecule has 0 atom stereocenters. The van der Waals surface area contributed by atoms with E-state index in [1.54, 1.807) is 24.3 Å². The molecule has 1 aliphatic rings. The summed E-state index contributed by atoms with van der Waals surface area (Å²) >= 11 is 0. The molecule has 1 fully saturated rings. The number of rotatable bonds is 11. The van der Waals surface area contributed by atoms with Gasteiger partial charge in [0.25, 0.3) is 5.91 Å². The molecule has 1 N–H and O–H groups in total. The van der Waals surface area contributed by atoms with Crippen LogP contribution in [0, 0.1) is 11.7 Å². The van der Waals surface area contributed by atoms with Gasteiger partial charge in [-0.15, -0.1) is 0 Å². The lowest BCUT2D eigenvalue weighted by atomic mass is 9.99. The average molecular weight is 755 g/mol. The predicted octanol–water partition coefficient (Wildman–Crippen LogP) is 9.25. The summed E-state index contributed by atoms with van der Waals surface area (Å²) < 4.78 is 76.8. The van der Waals surface area contributed by atoms with Crippen molar-refractivity contribution >= 4 is 33.4 Å². The molecule has 0 unspecified atom stereocenters. The number of hydrogen-bond acceptors (Lipinski definition) is 7. The Morgan fingerprint density at radius 3 is 2.47 bits per heavy atom. The van der Waals surface area contributed by atoms with E-state index >= 15 is 4.39 Å². The number of anilines is 1. The van der Waals surface area contributed by atoms with Crippen LogP contribution in [0.15, 0.2) is 102 Å². The maximum absolute atomic E-state index is 15.5. The van der Waals surface area contributed by atoms with Crippen LogP contribution in [0.3, 0.4) is 0 Å². The number of nitrogens with zero attached hydrogens (tertiary/aromatic N) is 3. The number of amides is 1. The fourth-order valence-corrected chi connectivity index (χ4v) is 6.82. The third-order valence-corrected chi connectivity index (χ3v) is 9.79. The smallest absolute Gasteiger partial charge is 0.418 e. The van der Waals surface area contributed by atoms with Gasteiger partial charge in [-0.1, -0.05) is 37.3 Å². The number of carbonyl (C=O) groups is 1. The highest BCUT2D eigenvalue weighted by Crippen LogP contribution is 2.40. The van der Waals surface area contributed by atoms with E-state index in [4.69, 9.17) is 14.2 Å². The Balaban J connectivity index is 1.17. The van der Waals surface area contributed by atoms with E-state index in [1.807, 2.05) is 0 Å². The highest BCUT2D eigenvalue weighted by atomic mass is 19.4. The fourth-order valence-electron chi connectivity index (χ4n) is 6.82. The van der Waals surface area contributed by atoms with Crippen molar-refractivity contribution in [1.82, 2.24) is 14.5 Å². The minimum Gasteiger partial charge on any atom is -0.493 e. The summed E-state index contributed by atoms with van der Waals surface area (Å²) in [6.07, 6.45) is 1.05. The van der Waals surface area contributed by atoms with Crippen molar-refractivity contribution in [2.45, 2.75) is 32.4 Å². The van der Waals surface area contributed by atoms with Crippen molar-refractivity contribution < 1.29 is 36.6 Å². The molecule has 1 aliphatic heterocycles.